The van der Waals surface area contributed by atoms with Crippen molar-refractivity contribution >= 4 is 17.7 Å². The third kappa shape index (κ3) is 3.70. The normalized spacial score (nSPS) is 15.6. The van der Waals surface area contributed by atoms with Crippen LogP contribution in [0.5, 0.6) is 0 Å². The van der Waals surface area contributed by atoms with Crippen molar-refractivity contribution in [1.82, 2.24) is 25.1 Å². The number of nitrogens with zero attached hydrogens (tertiary/aromatic N) is 5. The smallest absolute Gasteiger partial charge is 0.198 e. The lowest BCUT2D eigenvalue weighted by molar-refractivity contribution is 0.468. The van der Waals surface area contributed by atoms with Crippen molar-refractivity contribution in [2.24, 2.45) is 0 Å². The summed E-state index contributed by atoms with van der Waals surface area (Å²) in [5, 5.41) is 13.0. The second kappa shape index (κ2) is 6.54. The highest BCUT2D eigenvalue weighted by molar-refractivity contribution is 6.30. The molecule has 21 heavy (non-hydrogen) atoms. The lowest BCUT2D eigenvalue weighted by Crippen LogP contribution is -2.09. The van der Waals surface area contributed by atoms with E-state index in [1.807, 2.05) is 30.4 Å². The van der Waals surface area contributed by atoms with Crippen LogP contribution in [0.15, 0.2) is 42.6 Å². The summed E-state index contributed by atoms with van der Waals surface area (Å²) in [6, 6.07) is 7.30. The maximum Gasteiger partial charge on any atom is 0.198 e. The Labute approximate surface area is 128 Å². The van der Waals surface area contributed by atoms with Crippen LogP contribution in [0.1, 0.15) is 18.7 Å². The first kappa shape index (κ1) is 13.8. The standard InChI is InChI=1S/C15H16ClN5/c16-13-6-8-14(9-7-13)21-18-15(17-19-21)5-1-2-10-20-11-3-4-12-20/h1-2,5-10H,3-4,11-12H2. The van der Waals surface area contributed by atoms with E-state index in [1.165, 1.54) is 17.6 Å². The topological polar surface area (TPSA) is 46.8 Å². The molecular weight excluding hydrogens is 286 g/mol. The predicted octanol–water partition coefficient (Wildman–Crippen LogP) is 2.94. The van der Waals surface area contributed by atoms with E-state index < -0.39 is 0 Å². The average Bonchev–Trinajstić information content (AvgIpc) is 3.16. The van der Waals surface area contributed by atoms with Crippen LogP contribution >= 0.6 is 11.6 Å². The van der Waals surface area contributed by atoms with Gasteiger partial charge >= 0.3 is 0 Å². The summed E-state index contributed by atoms with van der Waals surface area (Å²) in [6.07, 6.45) is 10.4. The van der Waals surface area contributed by atoms with Gasteiger partial charge in [-0.05, 0) is 60.7 Å². The van der Waals surface area contributed by atoms with Crippen LogP contribution in [0, 0.1) is 0 Å². The summed E-state index contributed by atoms with van der Waals surface area (Å²) in [7, 11) is 0. The van der Waals surface area contributed by atoms with Crippen molar-refractivity contribution in [2.45, 2.75) is 12.8 Å². The van der Waals surface area contributed by atoms with Crippen LogP contribution in [0.25, 0.3) is 11.8 Å². The van der Waals surface area contributed by atoms with Crippen molar-refractivity contribution in [3.8, 4) is 5.69 Å². The maximum absolute atomic E-state index is 5.85. The molecule has 0 radical (unpaired) electrons. The number of benzene rings is 1. The molecule has 0 aliphatic carbocycles. The van der Waals surface area contributed by atoms with E-state index in [0.29, 0.717) is 10.8 Å². The molecule has 3 rings (SSSR count). The Morgan fingerprint density at radius 2 is 1.81 bits per heavy atom. The largest absolute Gasteiger partial charge is 0.377 e. The minimum absolute atomic E-state index is 0.580. The SMILES string of the molecule is Clc1ccc(-n2nnc(C=CC=CN3CCCC3)n2)cc1. The Bertz CT molecular complexity index is 638. The van der Waals surface area contributed by atoms with Crippen LogP contribution < -0.4 is 0 Å². The van der Waals surface area contributed by atoms with E-state index in [1.54, 1.807) is 12.1 Å². The minimum Gasteiger partial charge on any atom is -0.377 e. The van der Waals surface area contributed by atoms with Gasteiger partial charge in [-0.2, -0.15) is 0 Å². The fraction of sp³-hybridized carbons (Fsp3) is 0.267. The van der Waals surface area contributed by atoms with Gasteiger partial charge in [0.2, 0.25) is 0 Å². The van der Waals surface area contributed by atoms with Gasteiger partial charge < -0.3 is 4.90 Å². The van der Waals surface area contributed by atoms with E-state index in [9.17, 15) is 0 Å². The van der Waals surface area contributed by atoms with Crippen molar-refractivity contribution in [1.29, 1.82) is 0 Å². The van der Waals surface area contributed by atoms with Gasteiger partial charge in [-0.25, -0.2) is 0 Å². The number of allylic oxidation sites excluding steroid dienone is 2. The molecule has 0 saturated carbocycles. The molecule has 1 aliphatic heterocycles. The number of likely N-dealkylation sites (tertiary alicyclic amines) is 1. The van der Waals surface area contributed by atoms with Gasteiger partial charge in [-0.15, -0.1) is 15.0 Å². The summed E-state index contributed by atoms with van der Waals surface area (Å²) in [4.78, 5) is 3.79. The first-order valence-corrected chi connectivity index (χ1v) is 7.34. The van der Waals surface area contributed by atoms with Gasteiger partial charge in [0.1, 0.15) is 0 Å². The third-order valence-corrected chi connectivity index (χ3v) is 3.53. The van der Waals surface area contributed by atoms with Crippen LogP contribution in [0.3, 0.4) is 0 Å². The minimum atomic E-state index is 0.580. The molecule has 2 aromatic rings. The highest BCUT2D eigenvalue weighted by Crippen LogP contribution is 2.11. The number of aromatic nitrogens is 4. The molecule has 1 aromatic carbocycles. The van der Waals surface area contributed by atoms with Crippen LogP contribution in [-0.2, 0) is 0 Å². The molecule has 0 amide bonds. The zero-order valence-electron chi connectivity index (χ0n) is 11.6. The quantitative estimate of drug-likeness (QED) is 0.815. The van der Waals surface area contributed by atoms with E-state index in [-0.39, 0.29) is 0 Å². The third-order valence-electron chi connectivity index (χ3n) is 3.28. The summed E-state index contributed by atoms with van der Waals surface area (Å²) in [5.41, 5.74) is 0.833. The highest BCUT2D eigenvalue weighted by atomic mass is 35.5. The van der Waals surface area contributed by atoms with Gasteiger partial charge in [0.05, 0.1) is 5.69 Å². The Hall–Kier alpha value is -2.14. The molecule has 108 valence electrons. The molecule has 0 bridgehead atoms. The Balaban J connectivity index is 1.63. The van der Waals surface area contributed by atoms with Crippen molar-refractivity contribution in [2.75, 3.05) is 13.1 Å². The summed E-state index contributed by atoms with van der Waals surface area (Å²) in [5.74, 6) is 0.580. The summed E-state index contributed by atoms with van der Waals surface area (Å²) >= 11 is 5.85. The van der Waals surface area contributed by atoms with Crippen molar-refractivity contribution < 1.29 is 0 Å². The molecule has 5 nitrogen and oxygen atoms in total. The van der Waals surface area contributed by atoms with Crippen molar-refractivity contribution in [3.05, 3.63) is 53.5 Å². The van der Waals surface area contributed by atoms with Crippen LogP contribution in [-0.4, -0.2) is 38.2 Å². The van der Waals surface area contributed by atoms with Gasteiger partial charge in [-0.1, -0.05) is 17.7 Å². The van der Waals surface area contributed by atoms with Crippen LogP contribution in [0.2, 0.25) is 5.02 Å². The zero-order valence-corrected chi connectivity index (χ0v) is 12.3. The number of hydrogen-bond donors (Lipinski definition) is 0. The Morgan fingerprint density at radius 1 is 1.05 bits per heavy atom. The van der Waals surface area contributed by atoms with Gasteiger partial charge in [0.15, 0.2) is 5.82 Å². The molecule has 1 fully saturated rings. The Morgan fingerprint density at radius 3 is 2.57 bits per heavy atom. The van der Waals surface area contributed by atoms with E-state index in [2.05, 4.69) is 26.5 Å². The lowest BCUT2D eigenvalue weighted by atomic mass is 10.3. The zero-order chi connectivity index (χ0) is 14.5. The maximum atomic E-state index is 5.85. The molecule has 6 heteroatoms. The van der Waals surface area contributed by atoms with Crippen molar-refractivity contribution in [3.63, 3.8) is 0 Å². The molecular formula is C15H16ClN5. The predicted molar refractivity (Wildman–Crippen MR) is 83.1 cm³/mol. The number of tetrazole rings is 1. The molecule has 0 atom stereocenters. The second-order valence-corrected chi connectivity index (χ2v) is 5.29. The summed E-state index contributed by atoms with van der Waals surface area (Å²) < 4.78 is 0. The number of halogens is 1. The van der Waals surface area contributed by atoms with E-state index in [4.69, 9.17) is 11.6 Å². The molecule has 2 heterocycles. The van der Waals surface area contributed by atoms with E-state index >= 15 is 0 Å². The van der Waals surface area contributed by atoms with E-state index in [0.717, 1.165) is 18.8 Å². The fourth-order valence-corrected chi connectivity index (χ4v) is 2.31. The number of hydrogen-bond acceptors (Lipinski definition) is 4. The molecule has 1 aromatic heterocycles. The highest BCUT2D eigenvalue weighted by Gasteiger charge is 2.05. The number of rotatable bonds is 4. The summed E-state index contributed by atoms with van der Waals surface area (Å²) in [6.45, 7) is 2.30. The molecule has 0 spiro atoms. The first-order chi connectivity index (χ1) is 10.3. The monoisotopic (exact) mass is 301 g/mol. The van der Waals surface area contributed by atoms with Gasteiger partial charge in [-0.3, -0.25) is 0 Å². The lowest BCUT2D eigenvalue weighted by Gasteiger charge is -2.08. The second-order valence-electron chi connectivity index (χ2n) is 4.86. The van der Waals surface area contributed by atoms with Gasteiger partial charge in [0, 0.05) is 18.1 Å². The molecule has 0 unspecified atom stereocenters. The molecule has 1 saturated heterocycles. The fourth-order valence-electron chi connectivity index (χ4n) is 2.18. The molecule has 0 N–H and O–H groups in total. The van der Waals surface area contributed by atoms with Gasteiger partial charge in [0.25, 0.3) is 0 Å². The van der Waals surface area contributed by atoms with Crippen LogP contribution in [0.4, 0.5) is 0 Å². The average molecular weight is 302 g/mol. The Kier molecular flexibility index (Phi) is 4.31. The first-order valence-electron chi connectivity index (χ1n) is 6.96. The molecule has 1 aliphatic rings.